The van der Waals surface area contributed by atoms with Crippen LogP contribution in [0.25, 0.3) is 0 Å². The molecule has 0 aliphatic carbocycles. The van der Waals surface area contributed by atoms with Gasteiger partial charge in [-0.3, -0.25) is 10.1 Å². The Hall–Kier alpha value is -1.45. The van der Waals surface area contributed by atoms with Crippen molar-refractivity contribution in [1.82, 2.24) is 10.2 Å². The fraction of sp³-hybridized carbons (Fsp3) is 0.333. The van der Waals surface area contributed by atoms with Crippen molar-refractivity contribution in [2.45, 2.75) is 29.4 Å². The zero-order valence-electron chi connectivity index (χ0n) is 9.48. The zero-order valence-corrected chi connectivity index (χ0v) is 11.1. The number of hydrogen-bond donors (Lipinski definition) is 1. The summed E-state index contributed by atoms with van der Waals surface area (Å²) in [7, 11) is 0. The molecule has 0 unspecified atom stereocenters. The van der Waals surface area contributed by atoms with E-state index in [0.717, 1.165) is 23.1 Å². The molecule has 2 heterocycles. The molecule has 18 heavy (non-hydrogen) atoms. The van der Waals surface area contributed by atoms with Crippen LogP contribution in [0.5, 0.6) is 0 Å². The number of aryl methyl sites for hydroxylation is 1. The van der Waals surface area contributed by atoms with E-state index in [1.807, 2.05) is 0 Å². The second-order valence-corrected chi connectivity index (χ2v) is 5.75. The molecule has 9 heteroatoms. The quantitative estimate of drug-likeness (QED) is 0.680. The van der Waals surface area contributed by atoms with Gasteiger partial charge in [0.05, 0.1) is 11.0 Å². The fourth-order valence-corrected chi connectivity index (χ4v) is 3.29. The minimum atomic E-state index is -0.743. The highest BCUT2D eigenvalue weighted by Gasteiger charge is 2.23. The first-order valence-electron chi connectivity index (χ1n) is 4.91. The first-order chi connectivity index (χ1) is 8.47. The van der Waals surface area contributed by atoms with Crippen molar-refractivity contribution in [2.75, 3.05) is 0 Å². The van der Waals surface area contributed by atoms with Crippen molar-refractivity contribution in [3.63, 3.8) is 0 Å². The van der Waals surface area contributed by atoms with Crippen LogP contribution in [-0.4, -0.2) is 20.2 Å². The molecule has 1 N–H and O–H groups in total. The maximum atomic E-state index is 10.9. The van der Waals surface area contributed by atoms with Crippen LogP contribution in [0, 0.1) is 17.0 Å². The van der Waals surface area contributed by atoms with E-state index in [-0.39, 0.29) is 10.9 Å². The molecule has 0 aliphatic heterocycles. The second-order valence-electron chi connectivity index (χ2n) is 3.44. The summed E-state index contributed by atoms with van der Waals surface area (Å²) in [4.78, 5) is 10.9. The Bertz CT molecular complexity index is 578. The highest BCUT2D eigenvalue weighted by Crippen LogP contribution is 2.42. The van der Waals surface area contributed by atoms with E-state index in [1.165, 1.54) is 6.07 Å². The molecule has 0 radical (unpaired) electrons. The van der Waals surface area contributed by atoms with Crippen LogP contribution < -0.4 is 0 Å². The number of aliphatic hydroxyl groups excluding tert-OH is 1. The predicted molar refractivity (Wildman–Crippen MR) is 64.8 cm³/mol. The molecule has 0 aromatic carbocycles. The number of nitrogens with zero attached hydrogens (tertiary/aromatic N) is 3. The van der Waals surface area contributed by atoms with Crippen molar-refractivity contribution in [3.05, 3.63) is 26.9 Å². The SMILES string of the molecule is Cc1nnc(Sc2sc([C@@H](C)O)cc2[N+](=O)[O-])o1. The highest BCUT2D eigenvalue weighted by atomic mass is 32.2. The molecule has 0 saturated heterocycles. The van der Waals surface area contributed by atoms with Gasteiger partial charge in [0, 0.05) is 17.9 Å². The Kier molecular flexibility index (Phi) is 3.64. The highest BCUT2D eigenvalue weighted by molar-refractivity contribution is 8.01. The molecular weight excluding hydrogens is 278 g/mol. The predicted octanol–water partition coefficient (Wildman–Crippen LogP) is 2.55. The number of hydrogen-bond acceptors (Lipinski definition) is 8. The van der Waals surface area contributed by atoms with Crippen molar-refractivity contribution >= 4 is 28.8 Å². The molecule has 0 spiro atoms. The zero-order chi connectivity index (χ0) is 13.3. The minimum Gasteiger partial charge on any atom is -0.416 e. The van der Waals surface area contributed by atoms with Crippen molar-refractivity contribution < 1.29 is 14.4 Å². The van der Waals surface area contributed by atoms with E-state index in [9.17, 15) is 15.2 Å². The number of thiophene rings is 1. The molecule has 96 valence electrons. The lowest BCUT2D eigenvalue weighted by Crippen LogP contribution is -1.87. The number of rotatable bonds is 4. The third-order valence-corrected chi connectivity index (χ3v) is 4.32. The summed E-state index contributed by atoms with van der Waals surface area (Å²) in [5.41, 5.74) is -0.0586. The summed E-state index contributed by atoms with van der Waals surface area (Å²) < 4.78 is 5.57. The van der Waals surface area contributed by atoms with Crippen LogP contribution >= 0.6 is 23.1 Å². The summed E-state index contributed by atoms with van der Waals surface area (Å²) >= 11 is 2.17. The molecule has 0 fully saturated rings. The maximum absolute atomic E-state index is 10.9. The van der Waals surface area contributed by atoms with Crippen molar-refractivity contribution in [3.8, 4) is 0 Å². The van der Waals surface area contributed by atoms with E-state index in [4.69, 9.17) is 4.42 Å². The topological polar surface area (TPSA) is 102 Å². The van der Waals surface area contributed by atoms with Gasteiger partial charge >= 0.3 is 0 Å². The monoisotopic (exact) mass is 287 g/mol. The molecule has 7 nitrogen and oxygen atoms in total. The molecule has 2 rings (SSSR count). The smallest absolute Gasteiger partial charge is 0.294 e. The summed E-state index contributed by atoms with van der Waals surface area (Å²) in [5, 5.41) is 28.0. The lowest BCUT2D eigenvalue weighted by atomic mass is 10.3. The third-order valence-electron chi connectivity index (χ3n) is 1.99. The largest absolute Gasteiger partial charge is 0.416 e. The third kappa shape index (κ3) is 2.68. The summed E-state index contributed by atoms with van der Waals surface area (Å²) in [6.45, 7) is 3.20. The van der Waals surface area contributed by atoms with E-state index >= 15 is 0 Å². The number of aromatic nitrogens is 2. The second kappa shape index (κ2) is 5.04. The Morgan fingerprint density at radius 3 is 2.83 bits per heavy atom. The Morgan fingerprint density at radius 2 is 2.33 bits per heavy atom. The van der Waals surface area contributed by atoms with Gasteiger partial charge in [-0.05, 0) is 18.7 Å². The summed E-state index contributed by atoms with van der Waals surface area (Å²) in [6.07, 6.45) is -0.743. The van der Waals surface area contributed by atoms with Gasteiger partial charge in [-0.15, -0.1) is 21.5 Å². The lowest BCUT2D eigenvalue weighted by molar-refractivity contribution is -0.387. The Labute approximate surface area is 110 Å². The fourth-order valence-electron chi connectivity index (χ4n) is 1.19. The molecule has 0 aliphatic rings. The summed E-state index contributed by atoms with van der Waals surface area (Å²) in [5.74, 6) is 0.396. The van der Waals surface area contributed by atoms with Gasteiger partial charge in [-0.2, -0.15) is 0 Å². The Morgan fingerprint density at radius 1 is 1.61 bits per heavy atom. The molecule has 2 aromatic rings. The van der Waals surface area contributed by atoms with Crippen LogP contribution in [0.2, 0.25) is 0 Å². The maximum Gasteiger partial charge on any atom is 0.294 e. The van der Waals surface area contributed by atoms with Gasteiger partial charge in [-0.1, -0.05) is 0 Å². The van der Waals surface area contributed by atoms with Crippen molar-refractivity contribution in [1.29, 1.82) is 0 Å². The molecule has 0 saturated carbocycles. The van der Waals surface area contributed by atoms with Crippen LogP contribution in [-0.2, 0) is 0 Å². The normalized spacial score (nSPS) is 12.6. The van der Waals surface area contributed by atoms with Crippen LogP contribution in [0.3, 0.4) is 0 Å². The van der Waals surface area contributed by atoms with E-state index in [2.05, 4.69) is 10.2 Å². The van der Waals surface area contributed by atoms with Crippen LogP contribution in [0.4, 0.5) is 5.69 Å². The standard InChI is InChI=1S/C9H9N3O4S2/c1-4(13)7-3-6(12(14)15)8(17-7)18-9-11-10-5(2)16-9/h3-4,13H,1-2H3/t4-/m1/s1. The molecule has 0 bridgehead atoms. The van der Waals surface area contributed by atoms with Gasteiger partial charge in [-0.25, -0.2) is 0 Å². The average Bonchev–Trinajstić information content (AvgIpc) is 2.85. The van der Waals surface area contributed by atoms with E-state index < -0.39 is 11.0 Å². The average molecular weight is 287 g/mol. The first kappa shape index (κ1) is 13.0. The van der Waals surface area contributed by atoms with Gasteiger partial charge < -0.3 is 9.52 Å². The van der Waals surface area contributed by atoms with Crippen LogP contribution in [0.15, 0.2) is 19.9 Å². The van der Waals surface area contributed by atoms with Gasteiger partial charge in [0.25, 0.3) is 10.9 Å². The van der Waals surface area contributed by atoms with Gasteiger partial charge in [0.1, 0.15) is 4.21 Å². The van der Waals surface area contributed by atoms with Gasteiger partial charge in [0.15, 0.2) is 0 Å². The molecule has 2 aromatic heterocycles. The molecule has 0 amide bonds. The molecular formula is C9H9N3O4S2. The van der Waals surface area contributed by atoms with E-state index in [0.29, 0.717) is 15.0 Å². The van der Waals surface area contributed by atoms with Crippen LogP contribution in [0.1, 0.15) is 23.8 Å². The lowest BCUT2D eigenvalue weighted by Gasteiger charge is -1.95. The Balaban J connectivity index is 2.33. The number of nitro groups is 1. The number of aliphatic hydroxyl groups is 1. The minimum absolute atomic E-state index is 0.0586. The first-order valence-corrected chi connectivity index (χ1v) is 6.55. The van der Waals surface area contributed by atoms with Crippen molar-refractivity contribution in [2.24, 2.45) is 0 Å². The van der Waals surface area contributed by atoms with E-state index in [1.54, 1.807) is 13.8 Å². The van der Waals surface area contributed by atoms with Gasteiger partial charge in [0.2, 0.25) is 5.89 Å². The summed E-state index contributed by atoms with van der Waals surface area (Å²) in [6, 6.07) is 1.36. The molecule has 1 atom stereocenters.